The molecular formula is C20H26BrNO2. The molecule has 4 saturated carbocycles. The van der Waals surface area contributed by atoms with E-state index in [0.717, 1.165) is 34.4 Å². The molecule has 0 radical (unpaired) electrons. The molecule has 4 heteroatoms. The van der Waals surface area contributed by atoms with Gasteiger partial charge in [0.2, 0.25) is 5.91 Å². The van der Waals surface area contributed by atoms with Crippen LogP contribution in [0.25, 0.3) is 0 Å². The Labute approximate surface area is 152 Å². The van der Waals surface area contributed by atoms with Crippen molar-refractivity contribution in [1.29, 1.82) is 0 Å². The first-order valence-corrected chi connectivity index (χ1v) is 10.1. The molecule has 4 aliphatic rings. The fourth-order valence-electron chi connectivity index (χ4n) is 5.58. The van der Waals surface area contributed by atoms with E-state index in [1.54, 1.807) is 0 Å². The first kappa shape index (κ1) is 16.4. The standard InChI is InChI=1S/C20H26BrNO2/c21-17-3-5-18(6-4-17)24-7-1-2-19(23)22-20-11-14-8-15(12-20)10-16(9-14)13-20/h3-6,14-16H,1-2,7-13H2,(H,22,23). The van der Waals surface area contributed by atoms with E-state index in [1.165, 1.54) is 38.5 Å². The van der Waals surface area contributed by atoms with Crippen LogP contribution in [-0.4, -0.2) is 18.1 Å². The monoisotopic (exact) mass is 391 g/mol. The van der Waals surface area contributed by atoms with Crippen molar-refractivity contribution in [1.82, 2.24) is 5.32 Å². The molecular weight excluding hydrogens is 366 g/mol. The maximum Gasteiger partial charge on any atom is 0.220 e. The molecule has 0 unspecified atom stereocenters. The lowest BCUT2D eigenvalue weighted by Crippen LogP contribution is -2.59. The smallest absolute Gasteiger partial charge is 0.220 e. The largest absolute Gasteiger partial charge is 0.494 e. The molecule has 0 aliphatic heterocycles. The predicted molar refractivity (Wildman–Crippen MR) is 97.9 cm³/mol. The molecule has 1 aromatic rings. The van der Waals surface area contributed by atoms with Gasteiger partial charge in [-0.3, -0.25) is 4.79 Å². The molecule has 0 heterocycles. The molecule has 1 aromatic carbocycles. The molecule has 3 nitrogen and oxygen atoms in total. The lowest BCUT2D eigenvalue weighted by molar-refractivity contribution is -0.127. The highest BCUT2D eigenvalue weighted by Gasteiger charge is 2.51. The van der Waals surface area contributed by atoms with Crippen LogP contribution in [-0.2, 0) is 4.79 Å². The lowest BCUT2D eigenvalue weighted by atomic mass is 9.53. The van der Waals surface area contributed by atoms with Gasteiger partial charge < -0.3 is 10.1 Å². The fraction of sp³-hybridized carbons (Fsp3) is 0.650. The Hall–Kier alpha value is -1.03. The zero-order valence-corrected chi connectivity index (χ0v) is 15.7. The third-order valence-electron chi connectivity index (χ3n) is 6.07. The summed E-state index contributed by atoms with van der Waals surface area (Å²) < 4.78 is 6.75. The van der Waals surface area contributed by atoms with Crippen molar-refractivity contribution in [2.75, 3.05) is 6.61 Å². The highest BCUT2D eigenvalue weighted by Crippen LogP contribution is 2.55. The van der Waals surface area contributed by atoms with E-state index in [9.17, 15) is 4.79 Å². The average molecular weight is 392 g/mol. The lowest BCUT2D eigenvalue weighted by Gasteiger charge is -2.56. The summed E-state index contributed by atoms with van der Waals surface area (Å²) in [6.45, 7) is 0.593. The van der Waals surface area contributed by atoms with Gasteiger partial charge in [-0.25, -0.2) is 0 Å². The molecule has 1 amide bonds. The summed E-state index contributed by atoms with van der Waals surface area (Å²) in [5, 5.41) is 3.43. The maximum absolute atomic E-state index is 12.4. The van der Waals surface area contributed by atoms with Gasteiger partial charge in [0.25, 0.3) is 0 Å². The van der Waals surface area contributed by atoms with Crippen molar-refractivity contribution in [3.8, 4) is 5.75 Å². The summed E-state index contributed by atoms with van der Waals surface area (Å²) in [6.07, 6.45) is 9.25. The first-order valence-electron chi connectivity index (χ1n) is 9.30. The number of halogens is 1. The minimum Gasteiger partial charge on any atom is -0.494 e. The average Bonchev–Trinajstić information content (AvgIpc) is 2.51. The van der Waals surface area contributed by atoms with Crippen molar-refractivity contribution in [2.24, 2.45) is 17.8 Å². The van der Waals surface area contributed by atoms with Crippen LogP contribution in [0, 0.1) is 17.8 Å². The van der Waals surface area contributed by atoms with E-state index in [4.69, 9.17) is 4.74 Å². The fourth-order valence-corrected chi connectivity index (χ4v) is 5.84. The second-order valence-corrected chi connectivity index (χ2v) is 9.07. The molecule has 0 spiro atoms. The van der Waals surface area contributed by atoms with E-state index in [-0.39, 0.29) is 11.4 Å². The molecule has 4 aliphatic carbocycles. The summed E-state index contributed by atoms with van der Waals surface area (Å²) in [5.74, 6) is 3.70. The number of hydrogen-bond acceptors (Lipinski definition) is 2. The minimum absolute atomic E-state index is 0.137. The van der Waals surface area contributed by atoms with Gasteiger partial charge in [-0.15, -0.1) is 0 Å². The first-order chi connectivity index (χ1) is 11.6. The van der Waals surface area contributed by atoms with Crippen molar-refractivity contribution >= 4 is 21.8 Å². The Balaban J connectivity index is 1.22. The summed E-state index contributed by atoms with van der Waals surface area (Å²) in [7, 11) is 0. The number of hydrogen-bond donors (Lipinski definition) is 1. The number of nitrogens with one attached hydrogen (secondary N) is 1. The van der Waals surface area contributed by atoms with E-state index >= 15 is 0 Å². The molecule has 24 heavy (non-hydrogen) atoms. The van der Waals surface area contributed by atoms with Gasteiger partial charge in [-0.1, -0.05) is 15.9 Å². The van der Waals surface area contributed by atoms with Crippen molar-refractivity contribution in [3.05, 3.63) is 28.7 Å². The van der Waals surface area contributed by atoms with E-state index in [1.807, 2.05) is 24.3 Å². The van der Waals surface area contributed by atoms with E-state index < -0.39 is 0 Å². The zero-order chi connectivity index (χ0) is 16.6. The highest BCUT2D eigenvalue weighted by atomic mass is 79.9. The maximum atomic E-state index is 12.4. The summed E-state index contributed by atoms with van der Waals surface area (Å²) in [4.78, 5) is 12.4. The van der Waals surface area contributed by atoms with Crippen LogP contribution in [0.4, 0.5) is 0 Å². The van der Waals surface area contributed by atoms with Gasteiger partial charge in [-0.2, -0.15) is 0 Å². The third-order valence-corrected chi connectivity index (χ3v) is 6.60. The molecule has 5 rings (SSSR count). The summed E-state index contributed by atoms with van der Waals surface area (Å²) in [5.41, 5.74) is 0.137. The molecule has 1 N–H and O–H groups in total. The topological polar surface area (TPSA) is 38.3 Å². The number of amides is 1. The quantitative estimate of drug-likeness (QED) is 0.714. The van der Waals surface area contributed by atoms with Crippen LogP contribution < -0.4 is 10.1 Å². The van der Waals surface area contributed by atoms with Gasteiger partial charge in [0.15, 0.2) is 0 Å². The Morgan fingerprint density at radius 2 is 1.67 bits per heavy atom. The molecule has 0 atom stereocenters. The van der Waals surface area contributed by atoms with Crippen LogP contribution in [0.3, 0.4) is 0 Å². The second-order valence-electron chi connectivity index (χ2n) is 8.15. The SMILES string of the molecule is O=C(CCCOc1ccc(Br)cc1)NC12CC3CC(CC(C3)C1)C2. The van der Waals surface area contributed by atoms with E-state index in [2.05, 4.69) is 21.2 Å². The predicted octanol–water partition coefficient (Wildman–Crippen LogP) is 4.69. The Morgan fingerprint density at radius 3 is 2.25 bits per heavy atom. The van der Waals surface area contributed by atoms with Crippen molar-refractivity contribution in [2.45, 2.75) is 56.9 Å². The van der Waals surface area contributed by atoms with Crippen LogP contribution in [0.1, 0.15) is 51.4 Å². The van der Waals surface area contributed by atoms with Gasteiger partial charge in [0.05, 0.1) is 6.61 Å². The molecule has 0 saturated heterocycles. The second kappa shape index (κ2) is 6.70. The summed E-state index contributed by atoms with van der Waals surface area (Å²) in [6, 6.07) is 7.82. The van der Waals surface area contributed by atoms with Crippen LogP contribution in [0.15, 0.2) is 28.7 Å². The third kappa shape index (κ3) is 3.63. The molecule has 0 aromatic heterocycles. The van der Waals surface area contributed by atoms with Gasteiger partial charge >= 0.3 is 0 Å². The number of rotatable bonds is 6. The Morgan fingerprint density at radius 1 is 1.08 bits per heavy atom. The Bertz CT molecular complexity index is 563. The normalized spacial score (nSPS) is 33.5. The molecule has 4 fully saturated rings. The minimum atomic E-state index is 0.137. The zero-order valence-electron chi connectivity index (χ0n) is 14.1. The van der Waals surface area contributed by atoms with Crippen LogP contribution in [0.5, 0.6) is 5.75 Å². The van der Waals surface area contributed by atoms with Gasteiger partial charge in [-0.05, 0) is 87.0 Å². The van der Waals surface area contributed by atoms with Crippen LogP contribution >= 0.6 is 15.9 Å². The summed E-state index contributed by atoms with van der Waals surface area (Å²) >= 11 is 3.41. The Kier molecular flexibility index (Phi) is 4.59. The number of carbonyl (C=O) groups excluding carboxylic acids is 1. The molecule has 130 valence electrons. The van der Waals surface area contributed by atoms with Crippen molar-refractivity contribution < 1.29 is 9.53 Å². The highest BCUT2D eigenvalue weighted by molar-refractivity contribution is 9.10. The van der Waals surface area contributed by atoms with Crippen LogP contribution in [0.2, 0.25) is 0 Å². The number of ether oxygens (including phenoxy) is 1. The molecule has 4 bridgehead atoms. The van der Waals surface area contributed by atoms with Gasteiger partial charge in [0, 0.05) is 16.4 Å². The van der Waals surface area contributed by atoms with Crippen molar-refractivity contribution in [3.63, 3.8) is 0 Å². The van der Waals surface area contributed by atoms with E-state index in [0.29, 0.717) is 13.0 Å². The van der Waals surface area contributed by atoms with Gasteiger partial charge in [0.1, 0.15) is 5.75 Å². The number of carbonyl (C=O) groups is 1. The number of benzene rings is 1.